The van der Waals surface area contributed by atoms with Crippen LogP contribution in [-0.4, -0.2) is 6.54 Å². The molecule has 1 heterocycles. The van der Waals surface area contributed by atoms with E-state index in [0.29, 0.717) is 5.56 Å². The minimum Gasteiger partial charge on any atom is -0.467 e. The molecule has 1 unspecified atom stereocenters. The van der Waals surface area contributed by atoms with Crippen molar-refractivity contribution < 1.29 is 8.81 Å². The van der Waals surface area contributed by atoms with E-state index in [1.807, 2.05) is 18.2 Å². The lowest BCUT2D eigenvalue weighted by Crippen LogP contribution is -2.23. The predicted molar refractivity (Wildman–Crippen MR) is 72.9 cm³/mol. The monoisotopic (exact) mass is 311 g/mol. The van der Waals surface area contributed by atoms with Gasteiger partial charge in [-0.1, -0.05) is 28.9 Å². The third kappa shape index (κ3) is 3.00. The van der Waals surface area contributed by atoms with E-state index in [2.05, 4.69) is 28.2 Å². The van der Waals surface area contributed by atoms with Gasteiger partial charge in [-0.3, -0.25) is 0 Å². The lowest BCUT2D eigenvalue weighted by Gasteiger charge is -2.17. The Kier molecular flexibility index (Phi) is 4.55. The molecule has 0 aliphatic heterocycles. The standard InChI is InChI=1S/C14H15BrFNO/c1-2-7-17-14(13-4-3-8-18-13)11-6-5-10(15)9-12(11)16/h3-6,8-9,14,17H,2,7H2,1H3. The Bertz CT molecular complexity index is 499. The number of hydrogen-bond acceptors (Lipinski definition) is 2. The van der Waals surface area contributed by atoms with Gasteiger partial charge in [-0.15, -0.1) is 0 Å². The first-order valence-corrected chi connectivity index (χ1v) is 6.73. The SMILES string of the molecule is CCCNC(c1ccco1)c1ccc(Br)cc1F. The highest BCUT2D eigenvalue weighted by Crippen LogP contribution is 2.26. The summed E-state index contributed by atoms with van der Waals surface area (Å²) in [4.78, 5) is 0. The number of nitrogens with one attached hydrogen (secondary N) is 1. The van der Waals surface area contributed by atoms with Crippen molar-refractivity contribution >= 4 is 15.9 Å². The van der Waals surface area contributed by atoms with Gasteiger partial charge in [0.1, 0.15) is 11.6 Å². The molecule has 4 heteroatoms. The Morgan fingerprint density at radius 3 is 2.83 bits per heavy atom. The van der Waals surface area contributed by atoms with Crippen molar-refractivity contribution in [2.75, 3.05) is 6.54 Å². The van der Waals surface area contributed by atoms with E-state index in [-0.39, 0.29) is 11.9 Å². The highest BCUT2D eigenvalue weighted by molar-refractivity contribution is 9.10. The van der Waals surface area contributed by atoms with Gasteiger partial charge in [0.05, 0.1) is 12.3 Å². The van der Waals surface area contributed by atoms with E-state index in [0.717, 1.165) is 23.2 Å². The number of furan rings is 1. The van der Waals surface area contributed by atoms with Gasteiger partial charge in [0.2, 0.25) is 0 Å². The molecule has 18 heavy (non-hydrogen) atoms. The Morgan fingerprint density at radius 2 is 2.22 bits per heavy atom. The van der Waals surface area contributed by atoms with E-state index >= 15 is 0 Å². The fourth-order valence-electron chi connectivity index (χ4n) is 1.84. The molecule has 1 N–H and O–H groups in total. The normalized spacial score (nSPS) is 12.6. The van der Waals surface area contributed by atoms with Crippen LogP contribution in [0.4, 0.5) is 4.39 Å². The van der Waals surface area contributed by atoms with Crippen LogP contribution in [0.5, 0.6) is 0 Å². The second kappa shape index (κ2) is 6.16. The third-order valence-corrected chi connectivity index (χ3v) is 3.19. The van der Waals surface area contributed by atoms with Crippen LogP contribution in [0.25, 0.3) is 0 Å². The molecule has 0 aliphatic rings. The van der Waals surface area contributed by atoms with Gasteiger partial charge in [-0.25, -0.2) is 4.39 Å². The average Bonchev–Trinajstić information content (AvgIpc) is 2.85. The summed E-state index contributed by atoms with van der Waals surface area (Å²) in [5, 5.41) is 3.30. The molecule has 0 aliphatic carbocycles. The molecule has 1 aromatic heterocycles. The Morgan fingerprint density at radius 1 is 1.39 bits per heavy atom. The highest BCUT2D eigenvalue weighted by Gasteiger charge is 2.19. The van der Waals surface area contributed by atoms with Gasteiger partial charge < -0.3 is 9.73 Å². The second-order valence-electron chi connectivity index (χ2n) is 4.07. The van der Waals surface area contributed by atoms with Crippen molar-refractivity contribution in [3.05, 3.63) is 58.2 Å². The summed E-state index contributed by atoms with van der Waals surface area (Å²) in [5.41, 5.74) is 0.599. The molecule has 2 nitrogen and oxygen atoms in total. The van der Waals surface area contributed by atoms with Crippen molar-refractivity contribution in [3.63, 3.8) is 0 Å². The Labute approximate surface area is 114 Å². The summed E-state index contributed by atoms with van der Waals surface area (Å²) >= 11 is 3.26. The van der Waals surface area contributed by atoms with Gasteiger partial charge in [0.15, 0.2) is 0 Å². The van der Waals surface area contributed by atoms with Crippen LogP contribution in [0.3, 0.4) is 0 Å². The molecule has 0 amide bonds. The van der Waals surface area contributed by atoms with Gasteiger partial charge in [0.25, 0.3) is 0 Å². The van der Waals surface area contributed by atoms with Gasteiger partial charge in [-0.2, -0.15) is 0 Å². The summed E-state index contributed by atoms with van der Waals surface area (Å²) in [6, 6.07) is 8.51. The number of benzene rings is 1. The molecule has 1 aromatic carbocycles. The summed E-state index contributed by atoms with van der Waals surface area (Å²) in [7, 11) is 0. The maximum Gasteiger partial charge on any atom is 0.129 e. The summed E-state index contributed by atoms with van der Waals surface area (Å²) in [6.45, 7) is 2.88. The lowest BCUT2D eigenvalue weighted by atomic mass is 10.0. The van der Waals surface area contributed by atoms with Crippen molar-refractivity contribution in [1.29, 1.82) is 0 Å². The first-order valence-electron chi connectivity index (χ1n) is 5.94. The smallest absolute Gasteiger partial charge is 0.129 e. The highest BCUT2D eigenvalue weighted by atomic mass is 79.9. The minimum atomic E-state index is -0.243. The first-order chi connectivity index (χ1) is 8.72. The van der Waals surface area contributed by atoms with E-state index in [1.165, 1.54) is 6.07 Å². The van der Waals surface area contributed by atoms with Crippen molar-refractivity contribution in [1.82, 2.24) is 5.32 Å². The molecule has 0 bridgehead atoms. The molecule has 0 saturated heterocycles. The fourth-order valence-corrected chi connectivity index (χ4v) is 2.18. The molecular weight excluding hydrogens is 297 g/mol. The average molecular weight is 312 g/mol. The van der Waals surface area contributed by atoms with Crippen LogP contribution < -0.4 is 5.32 Å². The summed E-state index contributed by atoms with van der Waals surface area (Å²) in [5.74, 6) is 0.485. The van der Waals surface area contributed by atoms with Crippen LogP contribution in [-0.2, 0) is 0 Å². The molecular formula is C14H15BrFNO. The molecule has 0 fully saturated rings. The fraction of sp³-hybridized carbons (Fsp3) is 0.286. The maximum absolute atomic E-state index is 14.0. The zero-order valence-electron chi connectivity index (χ0n) is 10.1. The minimum absolute atomic E-state index is 0.241. The lowest BCUT2D eigenvalue weighted by molar-refractivity contribution is 0.436. The molecule has 0 saturated carbocycles. The molecule has 2 aromatic rings. The van der Waals surface area contributed by atoms with E-state index in [9.17, 15) is 4.39 Å². The Balaban J connectivity index is 2.33. The Hall–Kier alpha value is -1.13. The zero-order chi connectivity index (χ0) is 13.0. The molecule has 0 spiro atoms. The maximum atomic E-state index is 14.0. The third-order valence-electron chi connectivity index (χ3n) is 2.70. The van der Waals surface area contributed by atoms with Crippen LogP contribution in [0.1, 0.15) is 30.7 Å². The van der Waals surface area contributed by atoms with Gasteiger partial charge >= 0.3 is 0 Å². The second-order valence-corrected chi connectivity index (χ2v) is 4.98. The molecule has 2 rings (SSSR count). The molecule has 1 atom stereocenters. The first kappa shape index (κ1) is 13.3. The van der Waals surface area contributed by atoms with Gasteiger partial charge in [-0.05, 0) is 37.2 Å². The number of rotatable bonds is 5. The summed E-state index contributed by atoms with van der Waals surface area (Å²) in [6.07, 6.45) is 2.59. The van der Waals surface area contributed by atoms with E-state index < -0.39 is 0 Å². The topological polar surface area (TPSA) is 25.2 Å². The largest absolute Gasteiger partial charge is 0.467 e. The zero-order valence-corrected chi connectivity index (χ0v) is 11.7. The summed E-state index contributed by atoms with van der Waals surface area (Å²) < 4.78 is 20.1. The molecule has 0 radical (unpaired) electrons. The van der Waals surface area contributed by atoms with Crippen molar-refractivity contribution in [3.8, 4) is 0 Å². The van der Waals surface area contributed by atoms with Gasteiger partial charge in [0, 0.05) is 10.0 Å². The van der Waals surface area contributed by atoms with Crippen molar-refractivity contribution in [2.45, 2.75) is 19.4 Å². The van der Waals surface area contributed by atoms with E-state index in [4.69, 9.17) is 4.42 Å². The van der Waals surface area contributed by atoms with Crippen LogP contribution in [0.15, 0.2) is 45.5 Å². The van der Waals surface area contributed by atoms with E-state index in [1.54, 1.807) is 12.3 Å². The van der Waals surface area contributed by atoms with Crippen LogP contribution in [0.2, 0.25) is 0 Å². The molecule has 96 valence electrons. The number of hydrogen-bond donors (Lipinski definition) is 1. The van der Waals surface area contributed by atoms with Crippen molar-refractivity contribution in [2.24, 2.45) is 0 Å². The van der Waals surface area contributed by atoms with Crippen LogP contribution in [0, 0.1) is 5.82 Å². The quantitative estimate of drug-likeness (QED) is 0.892. The number of halogens is 2. The van der Waals surface area contributed by atoms with Crippen LogP contribution >= 0.6 is 15.9 Å². The predicted octanol–water partition coefficient (Wildman–Crippen LogP) is 4.27.